The van der Waals surface area contributed by atoms with Crippen molar-refractivity contribution in [2.75, 3.05) is 13.1 Å². The summed E-state index contributed by atoms with van der Waals surface area (Å²) in [6, 6.07) is 8.81. The SMILES string of the molecule is Cc1cc2c(c(C)c1Cl)C(=O)CC1(CCN(C(=O)C(C)(C)Oc3ccc(Cl)cc3)CC1)O2. The van der Waals surface area contributed by atoms with Gasteiger partial charge < -0.3 is 14.4 Å². The summed E-state index contributed by atoms with van der Waals surface area (Å²) in [5, 5.41) is 1.22. The van der Waals surface area contributed by atoms with Gasteiger partial charge >= 0.3 is 0 Å². The van der Waals surface area contributed by atoms with E-state index in [4.69, 9.17) is 32.7 Å². The molecule has 0 unspecified atom stereocenters. The Morgan fingerprint density at radius 2 is 1.75 bits per heavy atom. The first-order valence-corrected chi connectivity index (χ1v) is 11.5. The Bertz CT molecular complexity index is 1070. The van der Waals surface area contributed by atoms with Gasteiger partial charge in [-0.1, -0.05) is 23.2 Å². The lowest BCUT2D eigenvalue weighted by molar-refractivity contribution is -0.149. The molecule has 4 rings (SSSR count). The van der Waals surface area contributed by atoms with Crippen LogP contribution in [0.5, 0.6) is 11.5 Å². The molecule has 2 aliphatic rings. The first-order chi connectivity index (χ1) is 15.0. The van der Waals surface area contributed by atoms with Gasteiger partial charge in [0.25, 0.3) is 5.91 Å². The number of halogens is 2. The van der Waals surface area contributed by atoms with Crippen LogP contribution < -0.4 is 9.47 Å². The van der Waals surface area contributed by atoms with Crippen molar-refractivity contribution < 1.29 is 19.1 Å². The Balaban J connectivity index is 1.46. The standard InChI is InChI=1S/C25H27Cl2NO4/c1-15-13-20-21(16(2)22(15)27)19(29)14-25(32-20)9-11-28(12-10-25)23(30)24(3,4)31-18-7-5-17(26)6-8-18/h5-8,13H,9-12,14H2,1-4H3. The zero-order valence-corrected chi connectivity index (χ0v) is 20.3. The number of ether oxygens (including phenoxy) is 2. The number of nitrogens with zero attached hydrogens (tertiary/aromatic N) is 1. The normalized spacial score (nSPS) is 17.7. The molecule has 7 heteroatoms. The number of carbonyl (C=O) groups excluding carboxylic acids is 2. The van der Waals surface area contributed by atoms with E-state index in [1.807, 2.05) is 19.9 Å². The summed E-state index contributed by atoms with van der Waals surface area (Å²) in [6.45, 7) is 8.30. The molecule has 1 saturated heterocycles. The molecule has 1 amide bonds. The van der Waals surface area contributed by atoms with Crippen LogP contribution in [-0.2, 0) is 4.79 Å². The van der Waals surface area contributed by atoms with Gasteiger partial charge in [-0.3, -0.25) is 9.59 Å². The highest BCUT2D eigenvalue weighted by Crippen LogP contribution is 2.43. The van der Waals surface area contributed by atoms with Crippen LogP contribution in [0.3, 0.4) is 0 Å². The molecule has 0 bridgehead atoms. The van der Waals surface area contributed by atoms with Gasteiger partial charge in [-0.05, 0) is 69.2 Å². The van der Waals surface area contributed by atoms with Gasteiger partial charge in [0.05, 0.1) is 12.0 Å². The maximum atomic E-state index is 13.2. The molecule has 5 nitrogen and oxygen atoms in total. The number of aryl methyl sites for hydroxylation is 1. The lowest BCUT2D eigenvalue weighted by atomic mass is 9.81. The number of hydrogen-bond acceptors (Lipinski definition) is 4. The fraction of sp³-hybridized carbons (Fsp3) is 0.440. The van der Waals surface area contributed by atoms with E-state index in [2.05, 4.69) is 0 Å². The summed E-state index contributed by atoms with van der Waals surface area (Å²) in [4.78, 5) is 28.0. The van der Waals surface area contributed by atoms with Crippen molar-refractivity contribution in [2.24, 2.45) is 0 Å². The van der Waals surface area contributed by atoms with Crippen LogP contribution in [0.4, 0.5) is 0 Å². The number of ketones is 1. The molecule has 1 spiro atoms. The lowest BCUT2D eigenvalue weighted by Gasteiger charge is -2.45. The second kappa shape index (κ2) is 8.27. The zero-order chi connectivity index (χ0) is 23.3. The third-order valence-corrected chi connectivity index (χ3v) is 7.23. The first-order valence-electron chi connectivity index (χ1n) is 10.8. The minimum absolute atomic E-state index is 0.0526. The van der Waals surface area contributed by atoms with Crippen molar-refractivity contribution in [2.45, 2.75) is 58.2 Å². The summed E-state index contributed by atoms with van der Waals surface area (Å²) >= 11 is 12.3. The van der Waals surface area contributed by atoms with Crippen LogP contribution in [0.2, 0.25) is 10.0 Å². The van der Waals surface area contributed by atoms with E-state index in [-0.39, 0.29) is 11.7 Å². The highest BCUT2D eigenvalue weighted by atomic mass is 35.5. The van der Waals surface area contributed by atoms with E-state index in [1.54, 1.807) is 43.0 Å². The van der Waals surface area contributed by atoms with Gasteiger partial charge in [0.2, 0.25) is 0 Å². The van der Waals surface area contributed by atoms with Crippen molar-refractivity contribution in [1.29, 1.82) is 0 Å². The summed E-state index contributed by atoms with van der Waals surface area (Å²) < 4.78 is 12.4. The fourth-order valence-corrected chi connectivity index (χ4v) is 4.89. The largest absolute Gasteiger partial charge is 0.486 e. The molecule has 0 aromatic heterocycles. The van der Waals surface area contributed by atoms with Crippen molar-refractivity contribution in [3.05, 3.63) is 57.1 Å². The molecule has 0 N–H and O–H groups in total. The van der Waals surface area contributed by atoms with Gasteiger partial charge in [0, 0.05) is 36.0 Å². The number of hydrogen-bond donors (Lipinski definition) is 0. The zero-order valence-electron chi connectivity index (χ0n) is 18.8. The highest BCUT2D eigenvalue weighted by molar-refractivity contribution is 6.32. The number of Topliss-reactive ketones (excluding diaryl/α,β-unsaturated/α-hetero) is 1. The van der Waals surface area contributed by atoms with Crippen molar-refractivity contribution >= 4 is 34.9 Å². The molecule has 0 aliphatic carbocycles. The van der Waals surface area contributed by atoms with E-state index in [0.29, 0.717) is 59.5 Å². The summed E-state index contributed by atoms with van der Waals surface area (Å²) in [5.74, 6) is 1.15. The van der Waals surface area contributed by atoms with Gasteiger partial charge in [-0.25, -0.2) is 0 Å². The molecular weight excluding hydrogens is 449 g/mol. The van der Waals surface area contributed by atoms with Crippen LogP contribution in [-0.4, -0.2) is 40.9 Å². The van der Waals surface area contributed by atoms with Crippen LogP contribution in [0, 0.1) is 13.8 Å². The number of benzene rings is 2. The molecule has 170 valence electrons. The van der Waals surface area contributed by atoms with Crippen molar-refractivity contribution in [1.82, 2.24) is 4.90 Å². The maximum absolute atomic E-state index is 13.2. The van der Waals surface area contributed by atoms with Crippen LogP contribution in [0.1, 0.15) is 54.6 Å². The number of fused-ring (bicyclic) bond motifs is 1. The number of carbonyl (C=O) groups is 2. The van der Waals surface area contributed by atoms with E-state index in [9.17, 15) is 9.59 Å². The van der Waals surface area contributed by atoms with Crippen molar-refractivity contribution in [3.63, 3.8) is 0 Å². The predicted octanol–water partition coefficient (Wildman–Crippen LogP) is 5.79. The second-order valence-electron chi connectivity index (χ2n) is 9.25. The van der Waals surface area contributed by atoms with Crippen LogP contribution in [0.25, 0.3) is 0 Å². The molecule has 2 aliphatic heterocycles. The summed E-state index contributed by atoms with van der Waals surface area (Å²) in [5.41, 5.74) is 0.632. The maximum Gasteiger partial charge on any atom is 0.266 e. The van der Waals surface area contributed by atoms with Crippen molar-refractivity contribution in [3.8, 4) is 11.5 Å². The quantitative estimate of drug-likeness (QED) is 0.563. The average Bonchev–Trinajstić information content (AvgIpc) is 2.73. The van der Waals surface area contributed by atoms with Crippen LogP contribution in [0.15, 0.2) is 30.3 Å². The smallest absolute Gasteiger partial charge is 0.266 e. The highest BCUT2D eigenvalue weighted by Gasteiger charge is 2.46. The molecule has 0 atom stereocenters. The molecular formula is C25H27Cl2NO4. The number of likely N-dealkylation sites (tertiary alicyclic amines) is 1. The molecule has 32 heavy (non-hydrogen) atoms. The van der Waals surface area contributed by atoms with E-state index in [1.165, 1.54) is 0 Å². The number of piperidine rings is 1. The minimum atomic E-state index is -1.03. The van der Waals surface area contributed by atoms with Gasteiger partial charge in [-0.2, -0.15) is 0 Å². The topological polar surface area (TPSA) is 55.8 Å². The fourth-order valence-electron chi connectivity index (χ4n) is 4.62. The van der Waals surface area contributed by atoms with E-state index < -0.39 is 11.2 Å². The van der Waals surface area contributed by atoms with Crippen LogP contribution >= 0.6 is 23.2 Å². The lowest BCUT2D eigenvalue weighted by Crippen LogP contribution is -2.56. The third-order valence-electron chi connectivity index (χ3n) is 6.40. The molecule has 0 radical (unpaired) electrons. The monoisotopic (exact) mass is 475 g/mol. The molecule has 2 aromatic rings. The first kappa shape index (κ1) is 22.9. The summed E-state index contributed by atoms with van der Waals surface area (Å²) in [7, 11) is 0. The third kappa shape index (κ3) is 4.20. The molecule has 1 fully saturated rings. The molecule has 2 heterocycles. The number of amides is 1. The minimum Gasteiger partial charge on any atom is -0.486 e. The Morgan fingerprint density at radius 3 is 2.38 bits per heavy atom. The Morgan fingerprint density at radius 1 is 1.12 bits per heavy atom. The van der Waals surface area contributed by atoms with E-state index >= 15 is 0 Å². The van der Waals surface area contributed by atoms with E-state index in [0.717, 1.165) is 11.1 Å². The Hall–Kier alpha value is -2.24. The Kier molecular flexibility index (Phi) is 5.93. The molecule has 2 aromatic carbocycles. The van der Waals surface area contributed by atoms with Gasteiger partial charge in [0.1, 0.15) is 17.1 Å². The van der Waals surface area contributed by atoms with Gasteiger partial charge in [-0.15, -0.1) is 0 Å². The number of rotatable bonds is 3. The second-order valence-corrected chi connectivity index (χ2v) is 10.1. The Labute approximate surface area is 198 Å². The predicted molar refractivity (Wildman–Crippen MR) is 125 cm³/mol. The molecule has 0 saturated carbocycles. The summed E-state index contributed by atoms with van der Waals surface area (Å²) in [6.07, 6.45) is 1.47. The van der Waals surface area contributed by atoms with Gasteiger partial charge in [0.15, 0.2) is 11.4 Å². The average molecular weight is 476 g/mol.